The highest BCUT2D eigenvalue weighted by Gasteiger charge is 2.59. The SMILES string of the molecule is COc1cc(C=C2C[C@H]3[C@@H]4CC=C5CCCC[C@]5(C)[C@@H]4CC[C@]3(C)C2=O)ccc1OCCCn1ccnc1. The number of ether oxygens (including phenoxy) is 2. The van der Waals surface area contributed by atoms with Gasteiger partial charge in [0, 0.05) is 24.4 Å². The first-order valence-electron chi connectivity index (χ1n) is 14.6. The van der Waals surface area contributed by atoms with Crippen LogP contribution in [0.2, 0.25) is 0 Å². The summed E-state index contributed by atoms with van der Waals surface area (Å²) in [4.78, 5) is 17.9. The Morgan fingerprint density at radius 3 is 2.84 bits per heavy atom. The minimum absolute atomic E-state index is 0.217. The van der Waals surface area contributed by atoms with Crippen LogP contribution in [-0.2, 0) is 11.3 Å². The van der Waals surface area contributed by atoms with E-state index in [2.05, 4.69) is 37.0 Å². The van der Waals surface area contributed by atoms with Crippen LogP contribution >= 0.6 is 0 Å². The van der Waals surface area contributed by atoms with Gasteiger partial charge in [0.2, 0.25) is 0 Å². The van der Waals surface area contributed by atoms with Gasteiger partial charge in [0.05, 0.1) is 20.0 Å². The number of nitrogens with zero attached hydrogens (tertiary/aromatic N) is 2. The van der Waals surface area contributed by atoms with Gasteiger partial charge in [-0.1, -0.05) is 38.0 Å². The van der Waals surface area contributed by atoms with Crippen LogP contribution in [0, 0.1) is 28.6 Å². The van der Waals surface area contributed by atoms with Crippen LogP contribution in [0.5, 0.6) is 11.5 Å². The van der Waals surface area contributed by atoms with Crippen molar-refractivity contribution in [1.82, 2.24) is 9.55 Å². The fourth-order valence-corrected chi connectivity index (χ4v) is 8.44. The summed E-state index contributed by atoms with van der Waals surface area (Å²) in [6.07, 6.45) is 20.8. The quantitative estimate of drug-likeness (QED) is 0.221. The van der Waals surface area contributed by atoms with E-state index in [0.29, 0.717) is 35.4 Å². The van der Waals surface area contributed by atoms with Gasteiger partial charge in [0.15, 0.2) is 17.3 Å². The minimum Gasteiger partial charge on any atom is -0.493 e. The minimum atomic E-state index is -0.217. The molecule has 0 radical (unpaired) electrons. The van der Waals surface area contributed by atoms with E-state index in [1.54, 1.807) is 18.9 Å². The molecule has 4 aliphatic rings. The fourth-order valence-electron chi connectivity index (χ4n) is 8.44. The van der Waals surface area contributed by atoms with Crippen molar-refractivity contribution < 1.29 is 14.3 Å². The molecule has 0 amide bonds. The highest BCUT2D eigenvalue weighted by molar-refractivity contribution is 6.06. The van der Waals surface area contributed by atoms with Crippen molar-refractivity contribution in [3.63, 3.8) is 0 Å². The molecule has 3 saturated carbocycles. The third kappa shape index (κ3) is 4.32. The number of aryl methyl sites for hydroxylation is 1. The molecule has 202 valence electrons. The Labute approximate surface area is 227 Å². The monoisotopic (exact) mass is 514 g/mol. The molecule has 1 aromatic heterocycles. The number of hydrogen-bond acceptors (Lipinski definition) is 4. The van der Waals surface area contributed by atoms with E-state index in [9.17, 15) is 4.79 Å². The third-order valence-corrected chi connectivity index (χ3v) is 10.6. The number of hydrogen-bond donors (Lipinski definition) is 0. The predicted molar refractivity (Wildman–Crippen MR) is 150 cm³/mol. The van der Waals surface area contributed by atoms with Gasteiger partial charge in [-0.25, -0.2) is 4.98 Å². The molecular weight excluding hydrogens is 472 g/mol. The van der Waals surface area contributed by atoms with E-state index in [-0.39, 0.29) is 5.41 Å². The normalized spacial score (nSPS) is 33.3. The molecule has 6 rings (SSSR count). The fraction of sp³-hybridized carbons (Fsp3) is 0.576. The van der Waals surface area contributed by atoms with Gasteiger partial charge < -0.3 is 14.0 Å². The lowest BCUT2D eigenvalue weighted by molar-refractivity contribution is -0.129. The van der Waals surface area contributed by atoms with E-state index in [1.807, 2.05) is 29.2 Å². The van der Waals surface area contributed by atoms with Crippen molar-refractivity contribution in [2.45, 2.75) is 78.2 Å². The number of rotatable bonds is 7. The molecule has 1 heterocycles. The Kier molecular flexibility index (Phi) is 6.74. The van der Waals surface area contributed by atoms with Crippen LogP contribution in [-0.4, -0.2) is 29.1 Å². The van der Waals surface area contributed by atoms with Gasteiger partial charge in [-0.2, -0.15) is 0 Å². The zero-order valence-corrected chi connectivity index (χ0v) is 23.2. The van der Waals surface area contributed by atoms with Crippen LogP contribution in [0.3, 0.4) is 0 Å². The molecule has 0 bridgehead atoms. The first kappa shape index (κ1) is 25.5. The Morgan fingerprint density at radius 1 is 1.13 bits per heavy atom. The number of fused-ring (bicyclic) bond motifs is 5. The molecule has 0 unspecified atom stereocenters. The summed E-state index contributed by atoms with van der Waals surface area (Å²) in [5.41, 5.74) is 3.88. The molecule has 0 N–H and O–H groups in total. The zero-order valence-electron chi connectivity index (χ0n) is 23.2. The Morgan fingerprint density at radius 2 is 2.03 bits per heavy atom. The summed E-state index contributed by atoms with van der Waals surface area (Å²) in [5, 5.41) is 0. The number of Topliss-reactive ketones (excluding diaryl/α,β-unsaturated/α-hetero) is 1. The first-order valence-corrected chi connectivity index (χ1v) is 14.6. The Hall–Kier alpha value is -2.82. The second-order valence-corrected chi connectivity index (χ2v) is 12.5. The van der Waals surface area contributed by atoms with Crippen LogP contribution in [0.25, 0.3) is 6.08 Å². The third-order valence-electron chi connectivity index (χ3n) is 10.6. The van der Waals surface area contributed by atoms with Crippen molar-refractivity contribution in [2.24, 2.45) is 28.6 Å². The van der Waals surface area contributed by atoms with Crippen LogP contribution in [0.15, 0.2) is 54.1 Å². The number of allylic oxidation sites excluding steroid dienone is 3. The van der Waals surface area contributed by atoms with Crippen molar-refractivity contribution in [1.29, 1.82) is 0 Å². The maximum Gasteiger partial charge on any atom is 0.165 e. The topological polar surface area (TPSA) is 53.4 Å². The van der Waals surface area contributed by atoms with Crippen LogP contribution in [0.4, 0.5) is 0 Å². The van der Waals surface area contributed by atoms with Crippen molar-refractivity contribution in [3.8, 4) is 11.5 Å². The molecule has 5 nitrogen and oxygen atoms in total. The molecule has 0 spiro atoms. The van der Waals surface area contributed by atoms with Crippen LogP contribution in [0.1, 0.15) is 77.2 Å². The van der Waals surface area contributed by atoms with Gasteiger partial charge in [-0.3, -0.25) is 4.79 Å². The van der Waals surface area contributed by atoms with Gasteiger partial charge in [0.1, 0.15) is 0 Å². The highest BCUT2D eigenvalue weighted by atomic mass is 16.5. The second-order valence-electron chi connectivity index (χ2n) is 12.5. The van der Waals surface area contributed by atoms with E-state index in [1.165, 1.54) is 32.1 Å². The lowest BCUT2D eigenvalue weighted by Crippen LogP contribution is -2.49. The summed E-state index contributed by atoms with van der Waals surface area (Å²) in [5.74, 6) is 3.65. The number of methoxy groups -OCH3 is 1. The summed E-state index contributed by atoms with van der Waals surface area (Å²) in [6.45, 7) is 6.28. The smallest absolute Gasteiger partial charge is 0.165 e. The number of benzene rings is 1. The lowest BCUT2D eigenvalue weighted by atomic mass is 9.48. The van der Waals surface area contributed by atoms with E-state index in [4.69, 9.17) is 9.47 Å². The average Bonchev–Trinajstić information content (AvgIpc) is 3.53. The Balaban J connectivity index is 1.18. The molecule has 2 aromatic rings. The molecule has 38 heavy (non-hydrogen) atoms. The van der Waals surface area contributed by atoms with Gasteiger partial charge in [0.25, 0.3) is 0 Å². The summed E-state index contributed by atoms with van der Waals surface area (Å²) in [6, 6.07) is 6.04. The van der Waals surface area contributed by atoms with Gasteiger partial charge >= 0.3 is 0 Å². The van der Waals surface area contributed by atoms with E-state index in [0.717, 1.165) is 55.0 Å². The lowest BCUT2D eigenvalue weighted by Gasteiger charge is -2.56. The molecule has 5 atom stereocenters. The maximum atomic E-state index is 13.9. The standard InChI is InChI=1S/C33H42N2O3/c1-32-13-5-4-7-25(32)9-10-26-27(32)12-14-33(2)28(26)21-24(31(33)36)19-23-8-11-29(30(20-23)37-3)38-18-6-16-35-17-15-34-22-35/h8-9,11,15,17,19-20,22,26-28H,4-7,10,12-14,16,18,21H2,1-3H3/t26-,27-,28+,32+,33+/m1/s1. The van der Waals surface area contributed by atoms with Crippen molar-refractivity contribution in [2.75, 3.05) is 13.7 Å². The number of carbonyl (C=O) groups excluding carboxylic acids is 1. The van der Waals surface area contributed by atoms with E-state index >= 15 is 0 Å². The van der Waals surface area contributed by atoms with Crippen molar-refractivity contribution >= 4 is 11.9 Å². The predicted octanol–water partition coefficient (Wildman–Crippen LogP) is 7.28. The Bertz CT molecular complexity index is 1240. The van der Waals surface area contributed by atoms with Crippen LogP contribution < -0.4 is 9.47 Å². The summed E-state index contributed by atoms with van der Waals surface area (Å²) < 4.78 is 13.7. The summed E-state index contributed by atoms with van der Waals surface area (Å²) >= 11 is 0. The van der Waals surface area contributed by atoms with Gasteiger partial charge in [-0.05, 0) is 104 Å². The molecule has 0 saturated heterocycles. The number of imidazole rings is 1. The highest BCUT2D eigenvalue weighted by Crippen LogP contribution is 2.64. The van der Waals surface area contributed by atoms with Gasteiger partial charge in [-0.15, -0.1) is 0 Å². The zero-order chi connectivity index (χ0) is 26.3. The molecule has 3 fully saturated rings. The number of carbonyl (C=O) groups is 1. The number of ketones is 1. The second kappa shape index (κ2) is 10.1. The first-order chi connectivity index (χ1) is 18.4. The maximum absolute atomic E-state index is 13.9. The molecule has 1 aromatic carbocycles. The molecule has 5 heteroatoms. The summed E-state index contributed by atoms with van der Waals surface area (Å²) in [7, 11) is 1.68. The largest absolute Gasteiger partial charge is 0.493 e. The molecule has 4 aliphatic carbocycles. The molecule has 0 aliphatic heterocycles. The number of aromatic nitrogens is 2. The van der Waals surface area contributed by atoms with Crippen molar-refractivity contribution in [3.05, 3.63) is 59.7 Å². The average molecular weight is 515 g/mol. The van der Waals surface area contributed by atoms with E-state index < -0.39 is 0 Å². The molecular formula is C33H42N2O3.